The second-order valence-corrected chi connectivity index (χ2v) is 12.2. The lowest BCUT2D eigenvalue weighted by atomic mass is 9.91. The van der Waals surface area contributed by atoms with E-state index >= 15 is 0 Å². The van der Waals surface area contributed by atoms with Gasteiger partial charge < -0.3 is 9.57 Å². The summed E-state index contributed by atoms with van der Waals surface area (Å²) in [6, 6.07) is 10.7. The lowest BCUT2D eigenvalue weighted by molar-refractivity contribution is -0.144. The molecule has 0 amide bonds. The molecule has 4 nitrogen and oxygen atoms in total. The Balaban J connectivity index is 2.25. The number of rotatable bonds is 4. The second kappa shape index (κ2) is 6.43. The van der Waals surface area contributed by atoms with E-state index in [1.165, 1.54) is 7.11 Å². The molecule has 0 radical (unpaired) electrons. The van der Waals surface area contributed by atoms with Gasteiger partial charge in [-0.05, 0) is 6.04 Å². The average Bonchev–Trinajstić information content (AvgIpc) is 2.45. The number of oxime groups is 1. The van der Waals surface area contributed by atoms with E-state index < -0.39 is 8.07 Å². The van der Waals surface area contributed by atoms with E-state index in [0.29, 0.717) is 12.1 Å². The van der Waals surface area contributed by atoms with Crippen molar-refractivity contribution in [3.63, 3.8) is 0 Å². The molecule has 1 aromatic rings. The van der Waals surface area contributed by atoms with Crippen molar-refractivity contribution in [1.82, 2.24) is 0 Å². The fraction of sp³-hybridized carbons (Fsp3) is 0.500. The first-order valence-electron chi connectivity index (χ1n) is 7.27. The van der Waals surface area contributed by atoms with Crippen molar-refractivity contribution in [2.45, 2.75) is 38.2 Å². The van der Waals surface area contributed by atoms with E-state index in [1.54, 1.807) is 0 Å². The van der Waals surface area contributed by atoms with Gasteiger partial charge in [-0.3, -0.25) is 4.79 Å². The van der Waals surface area contributed by atoms with Crippen molar-refractivity contribution in [2.24, 2.45) is 11.1 Å². The number of nitrogens with zero attached hydrogens (tertiary/aromatic N) is 1. The van der Waals surface area contributed by atoms with Gasteiger partial charge in [-0.2, -0.15) is 0 Å². The van der Waals surface area contributed by atoms with Crippen LogP contribution in [0.25, 0.3) is 0 Å². The van der Waals surface area contributed by atoms with Crippen LogP contribution in [-0.4, -0.2) is 33.0 Å². The lowest BCUT2D eigenvalue weighted by Gasteiger charge is -2.30. The van der Waals surface area contributed by atoms with Gasteiger partial charge in [0.25, 0.3) is 0 Å². The largest absolute Gasteiger partial charge is 0.469 e. The summed E-state index contributed by atoms with van der Waals surface area (Å²) in [6.45, 7) is 6.87. The summed E-state index contributed by atoms with van der Waals surface area (Å²) in [6.07, 6.45) is 0.651. The van der Waals surface area contributed by atoms with Crippen LogP contribution in [0.2, 0.25) is 25.7 Å². The number of hydrogen-bond donors (Lipinski definition) is 0. The summed E-state index contributed by atoms with van der Waals surface area (Å²) in [5.41, 5.74) is 1.59. The zero-order chi connectivity index (χ0) is 15.5. The molecule has 1 aromatic carbocycles. The molecule has 5 heteroatoms. The summed E-state index contributed by atoms with van der Waals surface area (Å²) >= 11 is 0. The maximum Gasteiger partial charge on any atom is 0.315 e. The molecule has 1 aliphatic rings. The van der Waals surface area contributed by atoms with Crippen molar-refractivity contribution in [2.75, 3.05) is 7.11 Å². The van der Waals surface area contributed by atoms with Gasteiger partial charge in [-0.15, -0.1) is 0 Å². The van der Waals surface area contributed by atoms with Crippen molar-refractivity contribution in [1.29, 1.82) is 0 Å². The monoisotopic (exact) mass is 305 g/mol. The normalized spacial score (nSPS) is 22.2. The smallest absolute Gasteiger partial charge is 0.315 e. The molecule has 0 unspecified atom stereocenters. The highest BCUT2D eigenvalue weighted by molar-refractivity contribution is 6.76. The predicted molar refractivity (Wildman–Crippen MR) is 86.1 cm³/mol. The first-order chi connectivity index (χ1) is 9.90. The van der Waals surface area contributed by atoms with Gasteiger partial charge >= 0.3 is 5.97 Å². The maximum absolute atomic E-state index is 12.1. The highest BCUT2D eigenvalue weighted by Gasteiger charge is 2.36. The zero-order valence-electron chi connectivity index (χ0n) is 13.1. The van der Waals surface area contributed by atoms with Gasteiger partial charge in [-0.25, -0.2) is 0 Å². The van der Waals surface area contributed by atoms with Gasteiger partial charge in [0.2, 0.25) is 0 Å². The van der Waals surface area contributed by atoms with Crippen molar-refractivity contribution < 1.29 is 14.4 Å². The van der Waals surface area contributed by atoms with E-state index in [-0.39, 0.29) is 18.0 Å². The van der Waals surface area contributed by atoms with E-state index in [1.807, 2.05) is 30.3 Å². The van der Waals surface area contributed by atoms with Crippen LogP contribution in [0.1, 0.15) is 12.0 Å². The molecule has 1 heterocycles. The van der Waals surface area contributed by atoms with Crippen LogP contribution < -0.4 is 0 Å². The van der Waals surface area contributed by atoms with E-state index in [0.717, 1.165) is 11.6 Å². The third-order valence-corrected chi connectivity index (χ3v) is 5.20. The SMILES string of the molecule is COC(=O)[C@H]1C[C@H](C[Si](C)(C)C)ON=C1c1ccccc1. The first kappa shape index (κ1) is 15.8. The Labute approximate surface area is 127 Å². The van der Waals surface area contributed by atoms with E-state index in [4.69, 9.17) is 9.57 Å². The minimum atomic E-state index is -1.27. The second-order valence-electron chi connectivity index (χ2n) is 6.65. The molecular weight excluding hydrogens is 282 g/mol. The van der Waals surface area contributed by atoms with Crippen LogP contribution in [0.5, 0.6) is 0 Å². The molecular formula is C16H23NO3Si. The third kappa shape index (κ3) is 4.17. The predicted octanol–water partition coefficient (Wildman–Crippen LogP) is 3.31. The Morgan fingerprint density at radius 1 is 1.33 bits per heavy atom. The van der Waals surface area contributed by atoms with Crippen molar-refractivity contribution in [3.05, 3.63) is 35.9 Å². The fourth-order valence-corrected chi connectivity index (χ4v) is 4.24. The molecule has 0 aromatic heterocycles. The molecule has 1 aliphatic heterocycles. The number of carbonyl (C=O) groups excluding carboxylic acids is 1. The van der Waals surface area contributed by atoms with Gasteiger partial charge in [0, 0.05) is 20.1 Å². The van der Waals surface area contributed by atoms with Gasteiger partial charge in [0.15, 0.2) is 0 Å². The van der Waals surface area contributed by atoms with Crippen LogP contribution in [0.15, 0.2) is 35.5 Å². The standard InChI is InChI=1S/C16H23NO3Si/c1-19-16(18)14-10-13(11-21(2,3)4)20-17-15(14)12-8-6-5-7-9-12/h5-9,13-14H,10-11H2,1-4H3/t13-,14+/m1/s1. The molecule has 114 valence electrons. The first-order valence-corrected chi connectivity index (χ1v) is 11.0. The van der Waals surface area contributed by atoms with E-state index in [9.17, 15) is 4.79 Å². The molecule has 0 saturated carbocycles. The molecule has 0 bridgehead atoms. The van der Waals surface area contributed by atoms with E-state index in [2.05, 4.69) is 24.8 Å². The van der Waals surface area contributed by atoms with Crippen LogP contribution >= 0.6 is 0 Å². The highest BCUT2D eigenvalue weighted by atomic mass is 28.3. The molecule has 21 heavy (non-hydrogen) atoms. The number of ether oxygens (including phenoxy) is 1. The van der Waals surface area contributed by atoms with Crippen LogP contribution in [0.3, 0.4) is 0 Å². The molecule has 2 atom stereocenters. The summed E-state index contributed by atoms with van der Waals surface area (Å²) in [7, 11) is 0.158. The van der Waals surface area contributed by atoms with Crippen LogP contribution in [0, 0.1) is 5.92 Å². The van der Waals surface area contributed by atoms with Gasteiger partial charge in [0.1, 0.15) is 17.7 Å². The summed E-state index contributed by atoms with van der Waals surface area (Å²) in [4.78, 5) is 17.8. The topological polar surface area (TPSA) is 47.9 Å². The molecule has 0 spiro atoms. The molecule has 2 rings (SSSR count). The lowest BCUT2D eigenvalue weighted by Crippen LogP contribution is -2.38. The van der Waals surface area contributed by atoms with Crippen LogP contribution in [0.4, 0.5) is 0 Å². The Bertz CT molecular complexity index is 522. The summed E-state index contributed by atoms with van der Waals surface area (Å²) < 4.78 is 4.96. The molecule has 0 fully saturated rings. The van der Waals surface area contributed by atoms with Crippen molar-refractivity contribution >= 4 is 19.8 Å². The molecule has 0 aliphatic carbocycles. The zero-order valence-corrected chi connectivity index (χ0v) is 14.1. The highest BCUT2D eigenvalue weighted by Crippen LogP contribution is 2.28. The van der Waals surface area contributed by atoms with Gasteiger partial charge in [-0.1, -0.05) is 55.1 Å². The Morgan fingerprint density at radius 2 is 2.00 bits per heavy atom. The van der Waals surface area contributed by atoms with Gasteiger partial charge in [0.05, 0.1) is 7.11 Å². The summed E-state index contributed by atoms with van der Waals surface area (Å²) in [5, 5.41) is 4.25. The number of methoxy groups -OCH3 is 1. The number of benzene rings is 1. The maximum atomic E-state index is 12.1. The minimum Gasteiger partial charge on any atom is -0.469 e. The summed E-state index contributed by atoms with van der Waals surface area (Å²) in [5.74, 6) is -0.575. The quantitative estimate of drug-likeness (QED) is 0.633. The Morgan fingerprint density at radius 3 is 2.57 bits per heavy atom. The number of hydrogen-bond acceptors (Lipinski definition) is 4. The fourth-order valence-electron chi connectivity index (χ4n) is 2.63. The third-order valence-electron chi connectivity index (χ3n) is 3.52. The molecule has 0 saturated heterocycles. The minimum absolute atomic E-state index is 0.00762. The number of carbonyl (C=O) groups is 1. The number of esters is 1. The van der Waals surface area contributed by atoms with Crippen molar-refractivity contribution in [3.8, 4) is 0 Å². The average molecular weight is 305 g/mol. The molecule has 0 N–H and O–H groups in total. The Kier molecular flexibility index (Phi) is 4.83. The van der Waals surface area contributed by atoms with Crippen LogP contribution in [-0.2, 0) is 14.4 Å². The Hall–Kier alpha value is -1.62.